The van der Waals surface area contributed by atoms with E-state index in [1.165, 1.54) is 6.07 Å². The Kier molecular flexibility index (Phi) is 3.08. The number of aromatic nitrogens is 6. The van der Waals surface area contributed by atoms with Crippen LogP contribution in [0.5, 0.6) is 0 Å². The zero-order chi connectivity index (χ0) is 13.2. The number of anilines is 1. The molecule has 2 rings (SSSR count). The number of alkyl halides is 3. The van der Waals surface area contributed by atoms with Crippen molar-refractivity contribution in [2.75, 3.05) is 5.32 Å². The van der Waals surface area contributed by atoms with E-state index in [0.29, 0.717) is 5.82 Å². The topological polar surface area (TPSA) is 92.3 Å². The molecule has 0 fully saturated rings. The molecule has 18 heavy (non-hydrogen) atoms. The van der Waals surface area contributed by atoms with Crippen LogP contribution >= 0.6 is 0 Å². The Morgan fingerprint density at radius 1 is 1.39 bits per heavy atom. The normalized spacial score (nSPS) is 13.3. The second kappa shape index (κ2) is 4.55. The van der Waals surface area contributed by atoms with Gasteiger partial charge in [0.15, 0.2) is 5.82 Å². The lowest BCUT2D eigenvalue weighted by Crippen LogP contribution is -2.14. The first-order chi connectivity index (χ1) is 8.47. The Morgan fingerprint density at radius 3 is 2.78 bits per heavy atom. The number of aromatic amines is 1. The fraction of sp³-hybridized carbons (Fsp3) is 0.375. The van der Waals surface area contributed by atoms with Gasteiger partial charge in [0.25, 0.3) is 0 Å². The predicted octanol–water partition coefficient (Wildman–Crippen LogP) is 1.18. The Bertz CT molecular complexity index is 510. The molecule has 0 aliphatic carbocycles. The van der Waals surface area contributed by atoms with Crippen molar-refractivity contribution < 1.29 is 13.2 Å². The first kappa shape index (κ1) is 12.2. The summed E-state index contributed by atoms with van der Waals surface area (Å²) in [4.78, 5) is 6.52. The molecule has 0 bridgehead atoms. The van der Waals surface area contributed by atoms with Gasteiger partial charge in [0.2, 0.25) is 5.82 Å². The minimum absolute atomic E-state index is 0.0367. The van der Waals surface area contributed by atoms with Crippen molar-refractivity contribution in [3.05, 3.63) is 23.9 Å². The lowest BCUT2D eigenvalue weighted by molar-refractivity contribution is -0.144. The van der Waals surface area contributed by atoms with E-state index in [1.807, 2.05) is 0 Å². The van der Waals surface area contributed by atoms with Crippen molar-refractivity contribution in [1.29, 1.82) is 0 Å². The van der Waals surface area contributed by atoms with Gasteiger partial charge in [0.05, 0.1) is 6.04 Å². The highest BCUT2D eigenvalue weighted by Gasteiger charge is 2.34. The van der Waals surface area contributed by atoms with Crippen molar-refractivity contribution in [2.45, 2.75) is 19.1 Å². The zero-order valence-electron chi connectivity index (χ0n) is 9.10. The summed E-state index contributed by atoms with van der Waals surface area (Å²) in [6, 6.07) is 0.894. The van der Waals surface area contributed by atoms with Crippen molar-refractivity contribution in [1.82, 2.24) is 30.6 Å². The summed E-state index contributed by atoms with van der Waals surface area (Å²) in [5, 5.41) is 15.7. The zero-order valence-corrected chi connectivity index (χ0v) is 9.10. The number of hydrogen-bond acceptors (Lipinski definition) is 6. The highest BCUT2D eigenvalue weighted by Crippen LogP contribution is 2.26. The molecule has 7 nitrogen and oxygen atoms in total. The summed E-state index contributed by atoms with van der Waals surface area (Å²) in [5.74, 6) is -0.843. The quantitative estimate of drug-likeness (QED) is 0.859. The summed E-state index contributed by atoms with van der Waals surface area (Å²) in [7, 11) is 0. The van der Waals surface area contributed by atoms with Gasteiger partial charge >= 0.3 is 6.18 Å². The molecule has 0 aliphatic heterocycles. The van der Waals surface area contributed by atoms with Crippen LogP contribution < -0.4 is 5.32 Å². The average molecular weight is 259 g/mol. The number of halogens is 3. The van der Waals surface area contributed by atoms with Gasteiger partial charge in [0, 0.05) is 6.20 Å². The minimum atomic E-state index is -4.58. The maximum atomic E-state index is 12.4. The summed E-state index contributed by atoms with van der Waals surface area (Å²) in [6.45, 7) is 1.67. The van der Waals surface area contributed by atoms with Crippen LogP contribution in [-0.2, 0) is 6.18 Å². The second-order valence-electron chi connectivity index (χ2n) is 3.40. The predicted molar refractivity (Wildman–Crippen MR) is 53.2 cm³/mol. The molecule has 0 unspecified atom stereocenters. The molecule has 0 saturated heterocycles. The van der Waals surface area contributed by atoms with Crippen molar-refractivity contribution in [3.63, 3.8) is 0 Å². The van der Waals surface area contributed by atoms with Crippen LogP contribution in [0.2, 0.25) is 0 Å². The molecular formula is C8H8F3N7. The number of nitrogens with one attached hydrogen (secondary N) is 2. The third-order valence-electron chi connectivity index (χ3n) is 2.02. The molecule has 0 saturated carbocycles. The smallest absolute Gasteiger partial charge is 0.360 e. The van der Waals surface area contributed by atoms with Crippen molar-refractivity contribution in [3.8, 4) is 0 Å². The fourth-order valence-electron chi connectivity index (χ4n) is 1.22. The van der Waals surface area contributed by atoms with Crippen LogP contribution in [0.1, 0.15) is 24.6 Å². The van der Waals surface area contributed by atoms with Gasteiger partial charge in [-0.05, 0) is 13.0 Å². The molecular weight excluding hydrogens is 251 g/mol. The lowest BCUT2D eigenvalue weighted by atomic mass is 10.3. The Hall–Kier alpha value is -2.26. The van der Waals surface area contributed by atoms with Crippen LogP contribution in [0.3, 0.4) is 0 Å². The van der Waals surface area contributed by atoms with Crippen molar-refractivity contribution >= 4 is 5.82 Å². The van der Waals surface area contributed by atoms with E-state index in [9.17, 15) is 13.2 Å². The van der Waals surface area contributed by atoms with Crippen LogP contribution in [0, 0.1) is 0 Å². The molecule has 10 heteroatoms. The standard InChI is InChI=1S/C8H8F3N7/c1-4(6-15-17-18-16-6)13-5-2-3-12-7(14-5)8(9,10)11/h2-4H,1H3,(H,12,13,14)(H,15,16,17,18)/t4-/m0/s1. The van der Waals surface area contributed by atoms with Gasteiger partial charge < -0.3 is 5.32 Å². The number of rotatable bonds is 3. The Balaban J connectivity index is 2.15. The molecule has 0 radical (unpaired) electrons. The molecule has 2 N–H and O–H groups in total. The first-order valence-corrected chi connectivity index (χ1v) is 4.87. The Labute approximate surface area is 98.8 Å². The Morgan fingerprint density at radius 2 is 2.17 bits per heavy atom. The molecule has 0 amide bonds. The molecule has 2 aromatic rings. The summed E-state index contributed by atoms with van der Waals surface area (Å²) >= 11 is 0. The molecule has 2 aromatic heterocycles. The van der Waals surface area contributed by atoms with Gasteiger partial charge in [-0.3, -0.25) is 0 Å². The lowest BCUT2D eigenvalue weighted by Gasteiger charge is -2.11. The van der Waals surface area contributed by atoms with E-state index in [4.69, 9.17) is 0 Å². The molecule has 1 atom stereocenters. The monoisotopic (exact) mass is 259 g/mol. The van der Waals surface area contributed by atoms with Gasteiger partial charge in [-0.25, -0.2) is 9.97 Å². The number of nitrogens with zero attached hydrogens (tertiary/aromatic N) is 5. The number of tetrazole rings is 1. The van der Waals surface area contributed by atoms with Gasteiger partial charge in [-0.15, -0.1) is 10.2 Å². The molecule has 0 aromatic carbocycles. The summed E-state index contributed by atoms with van der Waals surface area (Å²) in [5.41, 5.74) is 0. The van der Waals surface area contributed by atoms with E-state index >= 15 is 0 Å². The van der Waals surface area contributed by atoms with E-state index in [1.54, 1.807) is 6.92 Å². The number of H-pyrrole nitrogens is 1. The minimum Gasteiger partial charge on any atom is -0.360 e. The van der Waals surface area contributed by atoms with Gasteiger partial charge in [0.1, 0.15) is 5.82 Å². The van der Waals surface area contributed by atoms with Crippen LogP contribution in [0.4, 0.5) is 19.0 Å². The van der Waals surface area contributed by atoms with Gasteiger partial charge in [-0.1, -0.05) is 5.21 Å². The molecule has 0 aliphatic rings. The first-order valence-electron chi connectivity index (χ1n) is 4.87. The van der Waals surface area contributed by atoms with Crippen LogP contribution in [-0.4, -0.2) is 30.6 Å². The van der Waals surface area contributed by atoms with Crippen LogP contribution in [0.15, 0.2) is 12.3 Å². The van der Waals surface area contributed by atoms with Crippen molar-refractivity contribution in [2.24, 2.45) is 0 Å². The van der Waals surface area contributed by atoms with E-state index in [-0.39, 0.29) is 5.82 Å². The molecule has 0 spiro atoms. The average Bonchev–Trinajstić information content (AvgIpc) is 2.81. The molecule has 2 heterocycles. The van der Waals surface area contributed by atoms with E-state index < -0.39 is 18.0 Å². The van der Waals surface area contributed by atoms with E-state index in [2.05, 4.69) is 35.9 Å². The maximum absolute atomic E-state index is 12.4. The fourth-order valence-corrected chi connectivity index (χ4v) is 1.22. The highest BCUT2D eigenvalue weighted by molar-refractivity contribution is 5.35. The molecule has 96 valence electrons. The SMILES string of the molecule is C[C@H](Nc1ccnc(C(F)(F)F)n1)c1nn[nH]n1. The largest absolute Gasteiger partial charge is 0.451 e. The number of hydrogen-bond donors (Lipinski definition) is 2. The summed E-state index contributed by atoms with van der Waals surface area (Å²) in [6.07, 6.45) is -3.55. The van der Waals surface area contributed by atoms with E-state index in [0.717, 1.165) is 6.20 Å². The van der Waals surface area contributed by atoms with Gasteiger partial charge in [-0.2, -0.15) is 18.4 Å². The highest BCUT2D eigenvalue weighted by atomic mass is 19.4. The second-order valence-corrected chi connectivity index (χ2v) is 3.40. The summed E-state index contributed by atoms with van der Waals surface area (Å²) < 4.78 is 37.2. The van der Waals surface area contributed by atoms with Crippen LogP contribution in [0.25, 0.3) is 0 Å². The maximum Gasteiger partial charge on any atom is 0.451 e. The third-order valence-corrected chi connectivity index (χ3v) is 2.02. The third kappa shape index (κ3) is 2.70.